The van der Waals surface area contributed by atoms with E-state index in [1.54, 1.807) is 36.9 Å². The molecule has 34 heavy (non-hydrogen) atoms. The minimum atomic E-state index is -0.330. The Labute approximate surface area is 201 Å². The molecular formula is C24H21N5O3S2. The van der Waals surface area contributed by atoms with E-state index in [0.29, 0.717) is 49.0 Å². The third kappa shape index (κ3) is 4.17. The molecule has 4 N–H and O–H groups in total. The summed E-state index contributed by atoms with van der Waals surface area (Å²) in [6.45, 7) is 5.86. The van der Waals surface area contributed by atoms with Crippen LogP contribution in [0.5, 0.6) is 0 Å². The number of imidazole rings is 1. The number of aromatic amines is 3. The van der Waals surface area contributed by atoms with Gasteiger partial charge in [-0.2, -0.15) is 0 Å². The summed E-state index contributed by atoms with van der Waals surface area (Å²) in [5.41, 5.74) is 4.18. The predicted octanol–water partition coefficient (Wildman–Crippen LogP) is 4.62. The molecule has 0 atom stereocenters. The topological polar surface area (TPSA) is 123 Å². The lowest BCUT2D eigenvalue weighted by Gasteiger charge is -2.06. The van der Waals surface area contributed by atoms with E-state index in [9.17, 15) is 14.4 Å². The zero-order valence-corrected chi connectivity index (χ0v) is 20.3. The van der Waals surface area contributed by atoms with Crippen LogP contribution in [0.3, 0.4) is 0 Å². The van der Waals surface area contributed by atoms with Gasteiger partial charge in [0.05, 0.1) is 27.0 Å². The van der Waals surface area contributed by atoms with E-state index in [2.05, 4.69) is 50.4 Å². The van der Waals surface area contributed by atoms with Crippen LogP contribution in [0.15, 0.2) is 50.9 Å². The Morgan fingerprint density at radius 1 is 1.03 bits per heavy atom. The zero-order chi connectivity index (χ0) is 24.0. The molecule has 0 saturated heterocycles. The van der Waals surface area contributed by atoms with Crippen molar-refractivity contribution in [3.05, 3.63) is 84.6 Å². The van der Waals surface area contributed by atoms with Crippen LogP contribution in [0.4, 0.5) is 5.69 Å². The van der Waals surface area contributed by atoms with Gasteiger partial charge in [0.1, 0.15) is 10.7 Å². The number of carbonyl (C=O) groups is 1. The number of thiophene rings is 1. The number of nitrogens with zero attached hydrogens (tertiary/aromatic N) is 1. The number of hydrogen-bond donors (Lipinski definition) is 4. The van der Waals surface area contributed by atoms with Crippen LogP contribution in [-0.4, -0.2) is 25.8 Å². The van der Waals surface area contributed by atoms with Crippen LogP contribution in [0.2, 0.25) is 0 Å². The largest absolute Gasteiger partial charge is 0.323 e. The van der Waals surface area contributed by atoms with Crippen molar-refractivity contribution in [1.82, 2.24) is 19.9 Å². The molecular weight excluding hydrogens is 470 g/mol. The minimum Gasteiger partial charge on any atom is -0.321 e. The predicted molar refractivity (Wildman–Crippen MR) is 137 cm³/mol. The molecule has 8 nitrogen and oxygen atoms in total. The summed E-state index contributed by atoms with van der Waals surface area (Å²) in [5.74, 6) is 0.755. The lowest BCUT2D eigenvalue weighted by molar-refractivity contribution is 0.103. The molecule has 5 aromatic rings. The highest BCUT2D eigenvalue weighted by Crippen LogP contribution is 2.30. The number of nitrogens with one attached hydrogen (secondary N) is 4. The number of H-pyrrole nitrogens is 3. The van der Waals surface area contributed by atoms with Crippen LogP contribution in [-0.2, 0) is 5.75 Å². The number of thioether (sulfide) groups is 1. The summed E-state index contributed by atoms with van der Waals surface area (Å²) in [7, 11) is 0. The van der Waals surface area contributed by atoms with Gasteiger partial charge in [0.15, 0.2) is 0 Å². The standard InChI is InChI=1S/C24H21N5O3S2/c1-11-4-5-12(2)17(8-11)33-10-18-28-21(30)19-13(3)20(34-23(19)29-18)22(31)25-14-6-7-15-16(9-14)27-24(32)26-15/h4-9H,10H2,1-3H3,(H,25,31)(H2,26,27,32)(H,28,29,30). The van der Waals surface area contributed by atoms with Gasteiger partial charge in [-0.25, -0.2) is 9.78 Å². The summed E-state index contributed by atoms with van der Waals surface area (Å²) in [4.78, 5) is 52.2. The van der Waals surface area contributed by atoms with Gasteiger partial charge in [0.25, 0.3) is 11.5 Å². The van der Waals surface area contributed by atoms with Crippen molar-refractivity contribution in [3.63, 3.8) is 0 Å². The fourth-order valence-corrected chi connectivity index (χ4v) is 5.87. The van der Waals surface area contributed by atoms with Crippen LogP contribution < -0.4 is 16.6 Å². The molecule has 0 aliphatic heterocycles. The fourth-order valence-electron chi connectivity index (χ4n) is 3.78. The van der Waals surface area contributed by atoms with Crippen LogP contribution in [0.1, 0.15) is 32.2 Å². The van der Waals surface area contributed by atoms with Gasteiger partial charge in [-0.05, 0) is 56.2 Å². The van der Waals surface area contributed by atoms with Crippen molar-refractivity contribution < 1.29 is 4.79 Å². The van der Waals surface area contributed by atoms with Crippen molar-refractivity contribution in [2.75, 3.05) is 5.32 Å². The quantitative estimate of drug-likeness (QED) is 0.267. The first-order valence-electron chi connectivity index (χ1n) is 10.5. The van der Waals surface area contributed by atoms with Crippen molar-refractivity contribution in [2.45, 2.75) is 31.4 Å². The number of anilines is 1. The van der Waals surface area contributed by atoms with Crippen molar-refractivity contribution in [1.29, 1.82) is 0 Å². The van der Waals surface area contributed by atoms with E-state index in [4.69, 9.17) is 0 Å². The first kappa shape index (κ1) is 22.2. The molecule has 0 bridgehead atoms. The number of aryl methyl sites for hydroxylation is 3. The average Bonchev–Trinajstić information content (AvgIpc) is 3.33. The summed E-state index contributed by atoms with van der Waals surface area (Å²) >= 11 is 2.82. The molecule has 1 amide bonds. The number of aromatic nitrogens is 4. The van der Waals surface area contributed by atoms with E-state index < -0.39 is 0 Å². The number of fused-ring (bicyclic) bond motifs is 2. The summed E-state index contributed by atoms with van der Waals surface area (Å²) in [6, 6.07) is 11.4. The van der Waals surface area contributed by atoms with Gasteiger partial charge in [0.2, 0.25) is 0 Å². The molecule has 0 spiro atoms. The molecule has 0 fully saturated rings. The SMILES string of the molecule is Cc1ccc(C)c(SCc2nc3sc(C(=O)Nc4ccc5[nH]c(=O)[nH]c5c4)c(C)c3c(=O)[nH]2)c1. The first-order valence-corrected chi connectivity index (χ1v) is 12.3. The maximum Gasteiger partial charge on any atom is 0.323 e. The summed E-state index contributed by atoms with van der Waals surface area (Å²) in [6.07, 6.45) is 0. The van der Waals surface area contributed by atoms with Gasteiger partial charge in [-0.15, -0.1) is 23.1 Å². The molecule has 3 heterocycles. The van der Waals surface area contributed by atoms with E-state index in [1.165, 1.54) is 22.5 Å². The highest BCUT2D eigenvalue weighted by atomic mass is 32.2. The Morgan fingerprint density at radius 2 is 1.82 bits per heavy atom. The van der Waals surface area contributed by atoms with Gasteiger partial charge in [0, 0.05) is 10.6 Å². The highest BCUT2D eigenvalue weighted by molar-refractivity contribution is 7.98. The van der Waals surface area contributed by atoms with Gasteiger partial charge < -0.3 is 20.3 Å². The van der Waals surface area contributed by atoms with Crippen LogP contribution in [0.25, 0.3) is 21.3 Å². The van der Waals surface area contributed by atoms with Gasteiger partial charge >= 0.3 is 5.69 Å². The zero-order valence-electron chi connectivity index (χ0n) is 18.7. The highest BCUT2D eigenvalue weighted by Gasteiger charge is 2.20. The molecule has 0 aliphatic carbocycles. The monoisotopic (exact) mass is 491 g/mol. The molecule has 5 rings (SSSR count). The summed E-state index contributed by atoms with van der Waals surface area (Å²) in [5, 5.41) is 3.28. The second-order valence-corrected chi connectivity index (χ2v) is 10.1. The number of amides is 1. The maximum absolute atomic E-state index is 13.0. The Morgan fingerprint density at radius 3 is 2.65 bits per heavy atom. The molecule has 2 aromatic carbocycles. The number of rotatable bonds is 5. The molecule has 0 unspecified atom stereocenters. The molecule has 172 valence electrons. The Kier molecular flexibility index (Phi) is 5.62. The van der Waals surface area contributed by atoms with Crippen molar-refractivity contribution in [2.24, 2.45) is 0 Å². The number of hydrogen-bond acceptors (Lipinski definition) is 6. The molecule has 0 aliphatic rings. The van der Waals surface area contributed by atoms with Gasteiger partial charge in [-0.3, -0.25) is 9.59 Å². The third-order valence-electron chi connectivity index (χ3n) is 5.54. The molecule has 10 heteroatoms. The van der Waals surface area contributed by atoms with E-state index >= 15 is 0 Å². The third-order valence-corrected chi connectivity index (χ3v) is 7.89. The average molecular weight is 492 g/mol. The van der Waals surface area contributed by atoms with Crippen molar-refractivity contribution in [3.8, 4) is 0 Å². The first-order chi connectivity index (χ1) is 16.3. The Hall–Kier alpha value is -3.63. The number of carbonyl (C=O) groups excluding carboxylic acids is 1. The van der Waals surface area contributed by atoms with E-state index in [1.807, 2.05) is 6.92 Å². The Bertz CT molecular complexity index is 1690. The fraction of sp³-hybridized carbons (Fsp3) is 0.167. The van der Waals surface area contributed by atoms with Gasteiger partial charge in [-0.1, -0.05) is 17.7 Å². The smallest absolute Gasteiger partial charge is 0.321 e. The van der Waals surface area contributed by atoms with E-state index in [0.717, 1.165) is 4.90 Å². The second-order valence-electron chi connectivity index (χ2n) is 8.10. The molecule has 3 aromatic heterocycles. The second kappa shape index (κ2) is 8.62. The van der Waals surface area contributed by atoms with Crippen molar-refractivity contribution >= 4 is 55.9 Å². The van der Waals surface area contributed by atoms with E-state index in [-0.39, 0.29) is 17.2 Å². The summed E-state index contributed by atoms with van der Waals surface area (Å²) < 4.78 is 0. The molecule has 0 radical (unpaired) electrons. The molecule has 0 saturated carbocycles. The minimum absolute atomic E-state index is 0.249. The Balaban J connectivity index is 1.41. The van der Waals surface area contributed by atoms with Crippen LogP contribution in [0, 0.1) is 20.8 Å². The van der Waals surface area contributed by atoms with Crippen LogP contribution >= 0.6 is 23.1 Å². The number of benzene rings is 2. The lowest BCUT2D eigenvalue weighted by atomic mass is 10.2. The maximum atomic E-state index is 13.0. The normalized spacial score (nSPS) is 11.4. The lowest BCUT2D eigenvalue weighted by Crippen LogP contribution is -2.13.